The van der Waals surface area contributed by atoms with Crippen molar-refractivity contribution in [3.63, 3.8) is 0 Å². The predicted molar refractivity (Wildman–Crippen MR) is 146 cm³/mol. The van der Waals surface area contributed by atoms with E-state index in [1.54, 1.807) is 31.4 Å². The van der Waals surface area contributed by atoms with Gasteiger partial charge in [0.25, 0.3) is 10.0 Å². The Bertz CT molecular complexity index is 1390. The number of aryl methyl sites for hydroxylation is 2. The third-order valence-corrected chi connectivity index (χ3v) is 7.78. The molecule has 0 heterocycles. The molecule has 3 rings (SSSR count). The Morgan fingerprint density at radius 3 is 1.87 bits per heavy atom. The second kappa shape index (κ2) is 12.1. The van der Waals surface area contributed by atoms with E-state index in [-0.39, 0.29) is 10.6 Å². The van der Waals surface area contributed by atoms with Crippen molar-refractivity contribution in [2.75, 3.05) is 39.3 Å². The number of carbonyl (C=O) groups is 1. The maximum Gasteiger partial charge on any atom is 0.264 e. The third-order valence-electron chi connectivity index (χ3n) is 6.01. The molecule has 1 N–H and O–H groups in total. The fourth-order valence-corrected chi connectivity index (χ4v) is 5.56. The molecule has 1 amide bonds. The van der Waals surface area contributed by atoms with Crippen LogP contribution in [0.25, 0.3) is 0 Å². The van der Waals surface area contributed by atoms with E-state index in [2.05, 4.69) is 5.32 Å². The molecular formula is C28H34N2O7S. The fraction of sp³-hybridized carbons (Fsp3) is 0.321. The van der Waals surface area contributed by atoms with E-state index in [9.17, 15) is 13.2 Å². The van der Waals surface area contributed by atoms with Crippen LogP contribution < -0.4 is 28.6 Å². The molecule has 204 valence electrons. The highest BCUT2D eigenvalue weighted by atomic mass is 32.2. The summed E-state index contributed by atoms with van der Waals surface area (Å²) in [6.45, 7) is 5.12. The first-order chi connectivity index (χ1) is 18.0. The number of nitrogens with zero attached hydrogens (tertiary/aromatic N) is 1. The van der Waals surface area contributed by atoms with Crippen LogP contribution in [0.5, 0.6) is 23.0 Å². The summed E-state index contributed by atoms with van der Waals surface area (Å²) in [6.07, 6.45) is 0. The Balaban J connectivity index is 1.96. The van der Waals surface area contributed by atoms with E-state index < -0.39 is 28.5 Å². The van der Waals surface area contributed by atoms with Crippen LogP contribution in [0.4, 0.5) is 5.69 Å². The molecule has 3 aromatic carbocycles. The molecule has 0 saturated carbocycles. The minimum atomic E-state index is -4.16. The molecule has 3 aromatic rings. The van der Waals surface area contributed by atoms with Crippen LogP contribution in [-0.4, -0.2) is 49.3 Å². The van der Waals surface area contributed by atoms with Crippen LogP contribution >= 0.6 is 0 Å². The van der Waals surface area contributed by atoms with Gasteiger partial charge >= 0.3 is 0 Å². The lowest BCUT2D eigenvalue weighted by Crippen LogP contribution is -2.41. The first-order valence-corrected chi connectivity index (χ1v) is 13.3. The molecule has 38 heavy (non-hydrogen) atoms. The lowest BCUT2D eigenvalue weighted by molar-refractivity contribution is -0.120. The molecule has 9 nitrogen and oxygen atoms in total. The number of rotatable bonds is 11. The van der Waals surface area contributed by atoms with E-state index in [1.165, 1.54) is 39.5 Å². The maximum atomic E-state index is 13.9. The SMILES string of the molecule is COc1ccc([C@@H](C)NC(=O)CN(c2cc(C)cc(C)c2)S(=O)(=O)c2ccc(OC)c(OC)c2)cc1OC. The highest BCUT2D eigenvalue weighted by molar-refractivity contribution is 7.92. The van der Waals surface area contributed by atoms with Crippen molar-refractivity contribution in [2.24, 2.45) is 0 Å². The molecule has 1 atom stereocenters. The van der Waals surface area contributed by atoms with E-state index in [0.717, 1.165) is 21.0 Å². The summed E-state index contributed by atoms with van der Waals surface area (Å²) < 4.78 is 50.1. The number of sulfonamides is 1. The van der Waals surface area contributed by atoms with Crippen LogP contribution in [0.2, 0.25) is 0 Å². The minimum absolute atomic E-state index is 0.0324. The molecule has 0 radical (unpaired) electrons. The number of anilines is 1. The van der Waals surface area contributed by atoms with Crippen molar-refractivity contribution in [1.29, 1.82) is 0 Å². The van der Waals surface area contributed by atoms with Crippen LogP contribution in [-0.2, 0) is 14.8 Å². The van der Waals surface area contributed by atoms with Gasteiger partial charge in [-0.05, 0) is 73.9 Å². The molecule has 0 aromatic heterocycles. The van der Waals surface area contributed by atoms with Crippen LogP contribution in [0.3, 0.4) is 0 Å². The molecule has 0 spiro atoms. The summed E-state index contributed by atoms with van der Waals surface area (Å²) in [6, 6.07) is 14.6. The van der Waals surface area contributed by atoms with Crippen molar-refractivity contribution in [3.05, 3.63) is 71.3 Å². The number of amides is 1. The van der Waals surface area contributed by atoms with Crippen molar-refractivity contribution in [2.45, 2.75) is 31.7 Å². The largest absolute Gasteiger partial charge is 0.493 e. The average molecular weight is 543 g/mol. The van der Waals surface area contributed by atoms with E-state index >= 15 is 0 Å². The standard InChI is InChI=1S/C28H34N2O7S/c1-18-12-19(2)14-22(13-18)30(38(32,33)23-9-11-25(35-5)27(16-23)37-7)17-28(31)29-20(3)21-8-10-24(34-4)26(15-21)36-6/h8-16,20H,17H2,1-7H3,(H,29,31)/t20-/m1/s1. The van der Waals surface area contributed by atoms with Gasteiger partial charge in [-0.15, -0.1) is 0 Å². The van der Waals surface area contributed by atoms with E-state index in [4.69, 9.17) is 18.9 Å². The monoisotopic (exact) mass is 542 g/mol. The number of benzene rings is 3. The average Bonchev–Trinajstić information content (AvgIpc) is 2.89. The summed E-state index contributed by atoms with van der Waals surface area (Å²) in [7, 11) is 1.82. The number of methoxy groups -OCH3 is 4. The van der Waals surface area contributed by atoms with Gasteiger partial charge in [0.05, 0.1) is 45.1 Å². The van der Waals surface area contributed by atoms with Crippen molar-refractivity contribution >= 4 is 21.6 Å². The van der Waals surface area contributed by atoms with Gasteiger partial charge in [-0.2, -0.15) is 0 Å². The fourth-order valence-electron chi connectivity index (χ4n) is 4.14. The number of hydrogen-bond acceptors (Lipinski definition) is 7. The van der Waals surface area contributed by atoms with Gasteiger partial charge in [0.1, 0.15) is 6.54 Å². The zero-order chi connectivity index (χ0) is 28.0. The lowest BCUT2D eigenvalue weighted by Gasteiger charge is -2.26. The second-order valence-corrected chi connectivity index (χ2v) is 10.6. The topological polar surface area (TPSA) is 103 Å². The zero-order valence-corrected chi connectivity index (χ0v) is 23.5. The molecule has 0 unspecified atom stereocenters. The van der Waals surface area contributed by atoms with Crippen molar-refractivity contribution < 1.29 is 32.2 Å². The quantitative estimate of drug-likeness (QED) is 0.383. The molecule has 0 fully saturated rings. The van der Waals surface area contributed by atoms with Gasteiger partial charge in [0, 0.05) is 6.07 Å². The Morgan fingerprint density at radius 2 is 1.32 bits per heavy atom. The van der Waals surface area contributed by atoms with Crippen LogP contribution in [0.15, 0.2) is 59.5 Å². The summed E-state index contributed by atoms with van der Waals surface area (Å²) in [5, 5.41) is 2.89. The van der Waals surface area contributed by atoms with E-state index in [0.29, 0.717) is 22.9 Å². The molecular weight excluding hydrogens is 508 g/mol. The van der Waals surface area contributed by atoms with Gasteiger partial charge in [-0.1, -0.05) is 12.1 Å². The smallest absolute Gasteiger partial charge is 0.264 e. The summed E-state index contributed by atoms with van der Waals surface area (Å²) in [4.78, 5) is 13.2. The molecule has 0 aliphatic rings. The third kappa shape index (κ3) is 6.31. The van der Waals surface area contributed by atoms with E-state index in [1.807, 2.05) is 32.9 Å². The van der Waals surface area contributed by atoms with Gasteiger partial charge < -0.3 is 24.3 Å². The number of ether oxygens (including phenoxy) is 4. The molecule has 10 heteroatoms. The molecule has 0 bridgehead atoms. The Morgan fingerprint density at radius 1 is 0.789 bits per heavy atom. The number of carbonyl (C=O) groups excluding carboxylic acids is 1. The highest BCUT2D eigenvalue weighted by Crippen LogP contribution is 2.33. The lowest BCUT2D eigenvalue weighted by atomic mass is 10.1. The highest BCUT2D eigenvalue weighted by Gasteiger charge is 2.29. The number of nitrogens with one attached hydrogen (secondary N) is 1. The Labute approximate surface area is 224 Å². The first kappa shape index (κ1) is 28.6. The number of hydrogen-bond donors (Lipinski definition) is 1. The second-order valence-electron chi connectivity index (χ2n) is 8.78. The zero-order valence-electron chi connectivity index (χ0n) is 22.7. The Kier molecular flexibility index (Phi) is 9.11. The van der Waals surface area contributed by atoms with Crippen LogP contribution in [0.1, 0.15) is 29.7 Å². The van der Waals surface area contributed by atoms with Crippen LogP contribution in [0, 0.1) is 13.8 Å². The summed E-state index contributed by atoms with van der Waals surface area (Å²) >= 11 is 0. The van der Waals surface area contributed by atoms with Gasteiger partial charge in [0.15, 0.2) is 23.0 Å². The maximum absolute atomic E-state index is 13.9. The Hall–Kier alpha value is -3.92. The summed E-state index contributed by atoms with van der Waals surface area (Å²) in [5.74, 6) is 1.28. The van der Waals surface area contributed by atoms with Gasteiger partial charge in [0.2, 0.25) is 5.91 Å². The van der Waals surface area contributed by atoms with Crippen molar-refractivity contribution in [3.8, 4) is 23.0 Å². The minimum Gasteiger partial charge on any atom is -0.493 e. The predicted octanol–water partition coefficient (Wildman–Crippen LogP) is 4.41. The first-order valence-electron chi connectivity index (χ1n) is 11.9. The molecule has 0 aliphatic heterocycles. The molecule has 0 aliphatic carbocycles. The van der Waals surface area contributed by atoms with Gasteiger partial charge in [-0.25, -0.2) is 8.42 Å². The molecule has 0 saturated heterocycles. The summed E-state index contributed by atoms with van der Waals surface area (Å²) in [5.41, 5.74) is 2.89. The van der Waals surface area contributed by atoms with Crippen molar-refractivity contribution in [1.82, 2.24) is 5.32 Å². The van der Waals surface area contributed by atoms with Gasteiger partial charge in [-0.3, -0.25) is 9.10 Å². The normalized spacial score (nSPS) is 11.9.